The lowest BCUT2D eigenvalue weighted by molar-refractivity contribution is -0.0157. The molecule has 0 radical (unpaired) electrons. The molecule has 1 fully saturated rings. The van der Waals surface area contributed by atoms with E-state index in [4.69, 9.17) is 0 Å². The first-order chi connectivity index (χ1) is 7.64. The summed E-state index contributed by atoms with van der Waals surface area (Å²) < 4.78 is 1.86. The highest BCUT2D eigenvalue weighted by Crippen LogP contribution is 2.32. The molecule has 0 aliphatic carbocycles. The van der Waals surface area contributed by atoms with Crippen LogP contribution in [0.1, 0.15) is 32.3 Å². The van der Waals surface area contributed by atoms with Crippen molar-refractivity contribution in [2.75, 3.05) is 13.1 Å². The van der Waals surface area contributed by atoms with E-state index >= 15 is 0 Å². The van der Waals surface area contributed by atoms with Gasteiger partial charge in [0.25, 0.3) is 0 Å². The summed E-state index contributed by atoms with van der Waals surface area (Å²) in [7, 11) is 0. The lowest BCUT2D eigenvalue weighted by Crippen LogP contribution is -2.42. The number of aryl methyl sites for hydroxylation is 1. The molecule has 90 valence electrons. The molecule has 4 nitrogen and oxygen atoms in total. The van der Waals surface area contributed by atoms with Gasteiger partial charge in [-0.25, -0.2) is 0 Å². The summed E-state index contributed by atoms with van der Waals surface area (Å²) in [6.45, 7) is 6.76. The van der Waals surface area contributed by atoms with Crippen molar-refractivity contribution in [3.63, 3.8) is 0 Å². The third-order valence-electron chi connectivity index (χ3n) is 3.63. The largest absolute Gasteiger partial charge is 0.385 e. The quantitative estimate of drug-likeness (QED) is 0.807. The van der Waals surface area contributed by atoms with Gasteiger partial charge in [-0.1, -0.05) is 0 Å². The molecule has 2 rings (SSSR count). The lowest BCUT2D eigenvalue weighted by atomic mass is 9.80. The Kier molecular flexibility index (Phi) is 3.30. The molecule has 2 atom stereocenters. The van der Waals surface area contributed by atoms with E-state index in [1.165, 1.54) is 0 Å². The van der Waals surface area contributed by atoms with E-state index in [1.54, 1.807) is 6.20 Å². The van der Waals surface area contributed by atoms with Crippen LogP contribution in [0.2, 0.25) is 0 Å². The molecule has 4 heteroatoms. The van der Waals surface area contributed by atoms with Crippen LogP contribution in [0.3, 0.4) is 0 Å². The summed E-state index contributed by atoms with van der Waals surface area (Å²) in [4.78, 5) is 0. The standard InChI is InChI=1S/C12H21N3O/c1-3-15-9-11(8-14-15)12(2,16)10-5-4-6-13-7-10/h8-10,13,16H,3-7H2,1-2H3. The molecular weight excluding hydrogens is 202 g/mol. The van der Waals surface area contributed by atoms with E-state index in [0.717, 1.165) is 38.0 Å². The molecule has 1 aliphatic heterocycles. The molecule has 1 aromatic rings. The van der Waals surface area contributed by atoms with Gasteiger partial charge in [0.15, 0.2) is 0 Å². The van der Waals surface area contributed by atoms with Crippen molar-refractivity contribution in [2.45, 2.75) is 38.8 Å². The first-order valence-corrected chi connectivity index (χ1v) is 6.10. The highest BCUT2D eigenvalue weighted by atomic mass is 16.3. The van der Waals surface area contributed by atoms with E-state index in [0.29, 0.717) is 0 Å². The number of aliphatic hydroxyl groups is 1. The van der Waals surface area contributed by atoms with Gasteiger partial charge in [-0.2, -0.15) is 5.10 Å². The molecular formula is C12H21N3O. The molecule has 1 aromatic heterocycles. The van der Waals surface area contributed by atoms with Gasteiger partial charge >= 0.3 is 0 Å². The van der Waals surface area contributed by atoms with Crippen molar-refractivity contribution in [3.05, 3.63) is 18.0 Å². The van der Waals surface area contributed by atoms with E-state index in [9.17, 15) is 5.11 Å². The van der Waals surface area contributed by atoms with Crippen LogP contribution in [0.5, 0.6) is 0 Å². The van der Waals surface area contributed by atoms with Crippen LogP contribution in [-0.2, 0) is 12.1 Å². The molecule has 16 heavy (non-hydrogen) atoms. The number of nitrogens with zero attached hydrogens (tertiary/aromatic N) is 2. The van der Waals surface area contributed by atoms with Crippen LogP contribution in [0, 0.1) is 5.92 Å². The minimum Gasteiger partial charge on any atom is -0.385 e. The molecule has 0 saturated carbocycles. The zero-order valence-corrected chi connectivity index (χ0v) is 10.1. The van der Waals surface area contributed by atoms with Crippen LogP contribution < -0.4 is 5.32 Å². The smallest absolute Gasteiger partial charge is 0.0938 e. The van der Waals surface area contributed by atoms with Crippen LogP contribution >= 0.6 is 0 Å². The average molecular weight is 223 g/mol. The van der Waals surface area contributed by atoms with Gasteiger partial charge in [0.2, 0.25) is 0 Å². The second-order valence-electron chi connectivity index (χ2n) is 4.78. The summed E-state index contributed by atoms with van der Waals surface area (Å²) in [6, 6.07) is 0. The first kappa shape index (κ1) is 11.6. The van der Waals surface area contributed by atoms with E-state index in [1.807, 2.05) is 24.7 Å². The summed E-state index contributed by atoms with van der Waals surface area (Å²) in [5, 5.41) is 18.2. The molecule has 2 unspecified atom stereocenters. The Balaban J connectivity index is 2.15. The maximum Gasteiger partial charge on any atom is 0.0938 e. The van der Waals surface area contributed by atoms with Crippen LogP contribution in [-0.4, -0.2) is 28.0 Å². The minimum absolute atomic E-state index is 0.288. The summed E-state index contributed by atoms with van der Waals surface area (Å²) in [6.07, 6.45) is 5.97. The van der Waals surface area contributed by atoms with Gasteiger partial charge < -0.3 is 10.4 Å². The Bertz CT molecular complexity index is 340. The second-order valence-corrected chi connectivity index (χ2v) is 4.78. The molecule has 0 aromatic carbocycles. The van der Waals surface area contributed by atoms with E-state index < -0.39 is 5.60 Å². The Morgan fingerprint density at radius 1 is 1.69 bits per heavy atom. The van der Waals surface area contributed by atoms with Crippen LogP contribution in [0.15, 0.2) is 12.4 Å². The fourth-order valence-electron chi connectivity index (χ4n) is 2.37. The average Bonchev–Trinajstić information content (AvgIpc) is 2.79. The van der Waals surface area contributed by atoms with Crippen molar-refractivity contribution in [1.82, 2.24) is 15.1 Å². The number of hydrogen-bond donors (Lipinski definition) is 2. The zero-order chi connectivity index (χ0) is 11.6. The molecule has 0 spiro atoms. The van der Waals surface area contributed by atoms with Crippen molar-refractivity contribution >= 4 is 0 Å². The Hall–Kier alpha value is -0.870. The first-order valence-electron chi connectivity index (χ1n) is 6.10. The van der Waals surface area contributed by atoms with Gasteiger partial charge in [0, 0.05) is 30.8 Å². The SMILES string of the molecule is CCn1cc(C(C)(O)C2CCCNC2)cn1. The Morgan fingerprint density at radius 2 is 2.50 bits per heavy atom. The molecule has 2 N–H and O–H groups in total. The number of rotatable bonds is 3. The fraction of sp³-hybridized carbons (Fsp3) is 0.750. The number of nitrogens with one attached hydrogen (secondary N) is 1. The molecule has 1 aliphatic rings. The molecule has 0 bridgehead atoms. The van der Waals surface area contributed by atoms with E-state index in [2.05, 4.69) is 10.4 Å². The van der Waals surface area contributed by atoms with Gasteiger partial charge in [0.1, 0.15) is 0 Å². The van der Waals surface area contributed by atoms with Crippen LogP contribution in [0.25, 0.3) is 0 Å². The fourth-order valence-corrected chi connectivity index (χ4v) is 2.37. The third-order valence-corrected chi connectivity index (χ3v) is 3.63. The highest BCUT2D eigenvalue weighted by Gasteiger charge is 2.35. The van der Waals surface area contributed by atoms with Crippen molar-refractivity contribution in [2.24, 2.45) is 5.92 Å². The number of hydrogen-bond acceptors (Lipinski definition) is 3. The van der Waals surface area contributed by atoms with Crippen molar-refractivity contribution in [3.8, 4) is 0 Å². The third kappa shape index (κ3) is 2.13. The number of piperidine rings is 1. The molecule has 0 amide bonds. The topological polar surface area (TPSA) is 50.1 Å². The summed E-state index contributed by atoms with van der Waals surface area (Å²) in [5.74, 6) is 0.288. The maximum atomic E-state index is 10.6. The summed E-state index contributed by atoms with van der Waals surface area (Å²) >= 11 is 0. The highest BCUT2D eigenvalue weighted by molar-refractivity contribution is 5.16. The Labute approximate surface area is 96.7 Å². The maximum absolute atomic E-state index is 10.6. The van der Waals surface area contributed by atoms with Crippen molar-refractivity contribution < 1.29 is 5.11 Å². The summed E-state index contributed by atoms with van der Waals surface area (Å²) in [5.41, 5.74) is 0.170. The Morgan fingerprint density at radius 3 is 3.06 bits per heavy atom. The van der Waals surface area contributed by atoms with E-state index in [-0.39, 0.29) is 5.92 Å². The van der Waals surface area contributed by atoms with Gasteiger partial charge in [-0.05, 0) is 33.2 Å². The van der Waals surface area contributed by atoms with Gasteiger partial charge in [0.05, 0.1) is 11.8 Å². The van der Waals surface area contributed by atoms with Crippen molar-refractivity contribution in [1.29, 1.82) is 0 Å². The second kappa shape index (κ2) is 4.55. The lowest BCUT2D eigenvalue weighted by Gasteiger charge is -2.35. The van der Waals surface area contributed by atoms with Gasteiger partial charge in [-0.3, -0.25) is 4.68 Å². The van der Waals surface area contributed by atoms with Gasteiger partial charge in [-0.15, -0.1) is 0 Å². The molecule has 1 saturated heterocycles. The van der Waals surface area contributed by atoms with Crippen LogP contribution in [0.4, 0.5) is 0 Å². The normalized spacial score (nSPS) is 25.3. The predicted octanol–water partition coefficient (Wildman–Crippen LogP) is 1.11. The zero-order valence-electron chi connectivity index (χ0n) is 10.1. The number of aromatic nitrogens is 2. The monoisotopic (exact) mass is 223 g/mol. The molecule has 2 heterocycles. The predicted molar refractivity (Wildman–Crippen MR) is 63.1 cm³/mol. The minimum atomic E-state index is -0.763.